The fourth-order valence-electron chi connectivity index (χ4n) is 2.97. The average Bonchev–Trinajstić information content (AvgIpc) is 2.47. The molecular formula is C16H24ClNO. The normalized spacial score (nSPS) is 26.3. The third kappa shape index (κ3) is 3.50. The zero-order valence-electron chi connectivity index (χ0n) is 12.5. The fraction of sp³-hybridized carbons (Fsp3) is 0.625. The Bertz CT molecular complexity index is 439. The van der Waals surface area contributed by atoms with Crippen molar-refractivity contribution in [2.75, 3.05) is 0 Å². The van der Waals surface area contributed by atoms with Crippen LogP contribution in [0.4, 0.5) is 0 Å². The van der Waals surface area contributed by atoms with Crippen molar-refractivity contribution in [1.29, 1.82) is 0 Å². The Morgan fingerprint density at radius 1 is 1.21 bits per heavy atom. The molecule has 2 rings (SSSR count). The number of rotatable bonds is 3. The second-order valence-electron chi connectivity index (χ2n) is 6.66. The van der Waals surface area contributed by atoms with Crippen LogP contribution in [-0.2, 0) is 4.74 Å². The summed E-state index contributed by atoms with van der Waals surface area (Å²) in [6, 6.07) is 8.68. The topological polar surface area (TPSA) is 21.3 Å². The Kier molecular flexibility index (Phi) is 3.97. The highest BCUT2D eigenvalue weighted by Gasteiger charge is 2.46. The van der Waals surface area contributed by atoms with Crippen molar-refractivity contribution in [3.05, 3.63) is 34.9 Å². The maximum absolute atomic E-state index is 6.12. The number of nitrogens with one attached hydrogen (secondary N) is 1. The Hall–Kier alpha value is -0.570. The Labute approximate surface area is 121 Å². The Balaban J connectivity index is 2.07. The summed E-state index contributed by atoms with van der Waals surface area (Å²) < 4.78 is 6.12. The van der Waals surface area contributed by atoms with E-state index in [0.717, 1.165) is 11.4 Å². The van der Waals surface area contributed by atoms with E-state index in [-0.39, 0.29) is 11.2 Å². The summed E-state index contributed by atoms with van der Waals surface area (Å²) in [6.45, 7) is 10.8. The summed E-state index contributed by atoms with van der Waals surface area (Å²) >= 11 is 5.93. The summed E-state index contributed by atoms with van der Waals surface area (Å²) in [5.74, 6) is 0. The van der Waals surface area contributed by atoms with Crippen LogP contribution in [0.15, 0.2) is 24.3 Å². The number of hydrogen-bond donors (Lipinski definition) is 1. The summed E-state index contributed by atoms with van der Waals surface area (Å²) in [6.07, 6.45) is 1.03. The largest absolute Gasteiger partial charge is 0.368 e. The predicted molar refractivity (Wildman–Crippen MR) is 80.7 cm³/mol. The van der Waals surface area contributed by atoms with Crippen LogP contribution in [0.25, 0.3) is 0 Å². The molecule has 2 unspecified atom stereocenters. The molecule has 0 amide bonds. The van der Waals surface area contributed by atoms with Crippen LogP contribution in [0.1, 0.15) is 52.6 Å². The van der Waals surface area contributed by atoms with Gasteiger partial charge in [0.15, 0.2) is 0 Å². The van der Waals surface area contributed by atoms with Crippen LogP contribution in [0, 0.1) is 0 Å². The molecule has 2 atom stereocenters. The van der Waals surface area contributed by atoms with Crippen molar-refractivity contribution in [1.82, 2.24) is 5.32 Å². The van der Waals surface area contributed by atoms with E-state index < -0.39 is 0 Å². The molecule has 1 fully saturated rings. The minimum Gasteiger partial charge on any atom is -0.368 e. The molecule has 0 aromatic heterocycles. The molecule has 1 aliphatic heterocycles. The molecule has 2 nitrogen and oxygen atoms in total. The number of benzene rings is 1. The summed E-state index contributed by atoms with van der Waals surface area (Å²) in [5, 5.41) is 4.47. The van der Waals surface area contributed by atoms with Crippen LogP contribution in [0.5, 0.6) is 0 Å². The SMILES string of the molecule is CC(NC1CC(C)(C)OC1(C)C)c1ccc(Cl)cc1. The molecule has 1 saturated heterocycles. The second kappa shape index (κ2) is 5.08. The zero-order chi connectivity index (χ0) is 14.3. The van der Waals surface area contributed by atoms with E-state index in [2.05, 4.69) is 52.1 Å². The second-order valence-corrected chi connectivity index (χ2v) is 7.10. The fourth-order valence-corrected chi connectivity index (χ4v) is 3.10. The van der Waals surface area contributed by atoms with Gasteiger partial charge in [-0.15, -0.1) is 0 Å². The number of ether oxygens (including phenoxy) is 1. The van der Waals surface area contributed by atoms with Gasteiger partial charge in [-0.2, -0.15) is 0 Å². The monoisotopic (exact) mass is 281 g/mol. The minimum atomic E-state index is -0.135. The maximum atomic E-state index is 6.12. The summed E-state index contributed by atoms with van der Waals surface area (Å²) in [5.41, 5.74) is 1.07. The highest BCUT2D eigenvalue weighted by Crippen LogP contribution is 2.38. The van der Waals surface area contributed by atoms with Crippen LogP contribution in [-0.4, -0.2) is 17.2 Å². The van der Waals surface area contributed by atoms with E-state index in [0.29, 0.717) is 12.1 Å². The molecular weight excluding hydrogens is 258 g/mol. The lowest BCUT2D eigenvalue weighted by molar-refractivity contribution is -0.0703. The lowest BCUT2D eigenvalue weighted by atomic mass is 9.93. The van der Waals surface area contributed by atoms with Gasteiger partial charge in [-0.1, -0.05) is 23.7 Å². The standard InChI is InChI=1S/C16H24ClNO/c1-11(12-6-8-13(17)9-7-12)18-14-10-15(2,3)19-16(14,4)5/h6-9,11,14,18H,10H2,1-5H3. The van der Waals surface area contributed by atoms with Crippen molar-refractivity contribution < 1.29 is 4.74 Å². The molecule has 0 saturated carbocycles. The first-order valence-electron chi connectivity index (χ1n) is 6.91. The van der Waals surface area contributed by atoms with Gasteiger partial charge in [0.25, 0.3) is 0 Å². The molecule has 3 heteroatoms. The summed E-state index contributed by atoms with van der Waals surface area (Å²) in [7, 11) is 0. The molecule has 0 radical (unpaired) electrons. The first kappa shape index (κ1) is 14.8. The molecule has 0 bridgehead atoms. The van der Waals surface area contributed by atoms with E-state index in [1.54, 1.807) is 0 Å². The van der Waals surface area contributed by atoms with Gasteiger partial charge in [-0.05, 0) is 58.7 Å². The molecule has 19 heavy (non-hydrogen) atoms. The molecule has 1 aromatic carbocycles. The molecule has 0 spiro atoms. The van der Waals surface area contributed by atoms with Crippen LogP contribution >= 0.6 is 11.6 Å². The Morgan fingerprint density at radius 2 is 1.79 bits per heavy atom. The van der Waals surface area contributed by atoms with E-state index in [4.69, 9.17) is 16.3 Å². The van der Waals surface area contributed by atoms with E-state index in [1.807, 2.05) is 12.1 Å². The molecule has 0 aliphatic carbocycles. The van der Waals surface area contributed by atoms with Gasteiger partial charge in [0, 0.05) is 17.1 Å². The first-order chi connectivity index (χ1) is 8.70. The smallest absolute Gasteiger partial charge is 0.0787 e. The van der Waals surface area contributed by atoms with Crippen LogP contribution in [0.3, 0.4) is 0 Å². The molecule has 106 valence electrons. The van der Waals surface area contributed by atoms with E-state index in [9.17, 15) is 0 Å². The molecule has 1 N–H and O–H groups in total. The van der Waals surface area contributed by atoms with Crippen molar-refractivity contribution in [3.63, 3.8) is 0 Å². The van der Waals surface area contributed by atoms with Crippen LogP contribution < -0.4 is 5.32 Å². The van der Waals surface area contributed by atoms with E-state index in [1.165, 1.54) is 5.56 Å². The van der Waals surface area contributed by atoms with Gasteiger partial charge >= 0.3 is 0 Å². The third-order valence-corrected chi connectivity index (χ3v) is 4.15. The maximum Gasteiger partial charge on any atom is 0.0787 e. The third-order valence-electron chi connectivity index (χ3n) is 3.90. The van der Waals surface area contributed by atoms with Gasteiger partial charge in [0.05, 0.1) is 11.2 Å². The van der Waals surface area contributed by atoms with Gasteiger partial charge in [-0.25, -0.2) is 0 Å². The molecule has 1 aliphatic rings. The van der Waals surface area contributed by atoms with Gasteiger partial charge < -0.3 is 10.1 Å². The predicted octanol–water partition coefficient (Wildman–Crippen LogP) is 4.34. The molecule has 1 heterocycles. The zero-order valence-corrected chi connectivity index (χ0v) is 13.2. The highest BCUT2D eigenvalue weighted by molar-refractivity contribution is 6.30. The van der Waals surface area contributed by atoms with Crippen molar-refractivity contribution >= 4 is 11.6 Å². The van der Waals surface area contributed by atoms with Crippen molar-refractivity contribution in [2.24, 2.45) is 0 Å². The highest BCUT2D eigenvalue weighted by atomic mass is 35.5. The van der Waals surface area contributed by atoms with Crippen LogP contribution in [0.2, 0.25) is 5.02 Å². The van der Waals surface area contributed by atoms with Gasteiger partial charge in [0.2, 0.25) is 0 Å². The average molecular weight is 282 g/mol. The summed E-state index contributed by atoms with van der Waals surface area (Å²) in [4.78, 5) is 0. The van der Waals surface area contributed by atoms with Crippen molar-refractivity contribution in [3.8, 4) is 0 Å². The van der Waals surface area contributed by atoms with Gasteiger partial charge in [-0.3, -0.25) is 0 Å². The van der Waals surface area contributed by atoms with Crippen molar-refractivity contribution in [2.45, 2.75) is 64.3 Å². The number of halogens is 1. The quantitative estimate of drug-likeness (QED) is 0.890. The molecule has 1 aromatic rings. The lowest BCUT2D eigenvalue weighted by Gasteiger charge is -2.30. The first-order valence-corrected chi connectivity index (χ1v) is 7.29. The lowest BCUT2D eigenvalue weighted by Crippen LogP contribution is -2.44. The van der Waals surface area contributed by atoms with E-state index >= 15 is 0 Å². The Morgan fingerprint density at radius 3 is 2.26 bits per heavy atom. The van der Waals surface area contributed by atoms with Gasteiger partial charge in [0.1, 0.15) is 0 Å². The number of hydrogen-bond acceptors (Lipinski definition) is 2. The minimum absolute atomic E-state index is 0.0547.